The third kappa shape index (κ3) is 5.01. The summed E-state index contributed by atoms with van der Waals surface area (Å²) in [5, 5.41) is 0. The van der Waals surface area contributed by atoms with Crippen molar-refractivity contribution in [1.29, 1.82) is 0 Å². The van der Waals surface area contributed by atoms with Gasteiger partial charge in [0.15, 0.2) is 0 Å². The van der Waals surface area contributed by atoms with Gasteiger partial charge in [-0.3, -0.25) is 9.52 Å². The SMILES string of the molecule is Cc1ccc(NS(=O)(=O)c2cc(C(=O)N3CCN(c4ccccc4F)CC3)ccc2C)cc1. The second kappa shape index (κ2) is 9.23. The molecule has 172 valence electrons. The van der Waals surface area contributed by atoms with E-state index in [0.29, 0.717) is 48.7 Å². The Morgan fingerprint density at radius 2 is 1.58 bits per heavy atom. The molecule has 1 aliphatic heterocycles. The van der Waals surface area contributed by atoms with E-state index >= 15 is 0 Å². The molecular formula is C25H26FN3O3S. The van der Waals surface area contributed by atoms with Crippen molar-refractivity contribution in [3.8, 4) is 0 Å². The van der Waals surface area contributed by atoms with Crippen LogP contribution in [-0.4, -0.2) is 45.4 Å². The van der Waals surface area contributed by atoms with Gasteiger partial charge in [-0.25, -0.2) is 12.8 Å². The molecule has 1 aliphatic rings. The van der Waals surface area contributed by atoms with Crippen LogP contribution in [0.3, 0.4) is 0 Å². The van der Waals surface area contributed by atoms with Gasteiger partial charge in [0.2, 0.25) is 0 Å². The molecule has 0 spiro atoms. The van der Waals surface area contributed by atoms with Crippen molar-refractivity contribution in [2.24, 2.45) is 0 Å². The van der Waals surface area contributed by atoms with E-state index in [1.807, 2.05) is 24.0 Å². The number of carbonyl (C=O) groups excluding carboxylic acids is 1. The summed E-state index contributed by atoms with van der Waals surface area (Å²) in [6.45, 7) is 5.46. The molecule has 1 saturated heterocycles. The van der Waals surface area contributed by atoms with Crippen LogP contribution >= 0.6 is 0 Å². The second-order valence-corrected chi connectivity index (χ2v) is 9.83. The fraction of sp³-hybridized carbons (Fsp3) is 0.240. The lowest BCUT2D eigenvalue weighted by Crippen LogP contribution is -2.49. The smallest absolute Gasteiger partial charge is 0.262 e. The van der Waals surface area contributed by atoms with E-state index in [1.165, 1.54) is 12.1 Å². The lowest BCUT2D eigenvalue weighted by atomic mass is 10.1. The monoisotopic (exact) mass is 467 g/mol. The second-order valence-electron chi connectivity index (χ2n) is 8.18. The van der Waals surface area contributed by atoms with E-state index in [0.717, 1.165) is 5.56 Å². The summed E-state index contributed by atoms with van der Waals surface area (Å²) in [5.41, 5.74) is 2.87. The molecule has 33 heavy (non-hydrogen) atoms. The summed E-state index contributed by atoms with van der Waals surface area (Å²) in [7, 11) is -3.86. The zero-order valence-electron chi connectivity index (χ0n) is 18.6. The number of piperazine rings is 1. The van der Waals surface area contributed by atoms with Crippen molar-refractivity contribution in [1.82, 2.24) is 4.90 Å². The first-order valence-electron chi connectivity index (χ1n) is 10.7. The first-order valence-corrected chi connectivity index (χ1v) is 12.2. The maximum absolute atomic E-state index is 14.1. The minimum atomic E-state index is -3.86. The van der Waals surface area contributed by atoms with Crippen molar-refractivity contribution in [3.05, 3.63) is 89.2 Å². The number of nitrogens with one attached hydrogen (secondary N) is 1. The topological polar surface area (TPSA) is 69.7 Å². The molecule has 6 nitrogen and oxygen atoms in total. The van der Waals surface area contributed by atoms with Crippen LogP contribution in [0, 0.1) is 19.7 Å². The highest BCUT2D eigenvalue weighted by Crippen LogP contribution is 2.24. The average Bonchev–Trinajstić information content (AvgIpc) is 2.81. The van der Waals surface area contributed by atoms with Gasteiger partial charge in [-0.15, -0.1) is 0 Å². The Kier molecular flexibility index (Phi) is 6.37. The van der Waals surface area contributed by atoms with Crippen molar-refractivity contribution in [2.45, 2.75) is 18.7 Å². The first kappa shape index (κ1) is 22.8. The molecule has 0 aliphatic carbocycles. The summed E-state index contributed by atoms with van der Waals surface area (Å²) >= 11 is 0. The third-order valence-corrected chi connectivity index (χ3v) is 7.31. The lowest BCUT2D eigenvalue weighted by molar-refractivity contribution is 0.0746. The Labute approximate surface area is 193 Å². The van der Waals surface area contributed by atoms with Crippen LogP contribution in [0.2, 0.25) is 0 Å². The van der Waals surface area contributed by atoms with Crippen LogP contribution in [0.1, 0.15) is 21.5 Å². The normalized spacial score (nSPS) is 14.3. The summed E-state index contributed by atoms with van der Waals surface area (Å²) in [4.78, 5) is 16.8. The highest BCUT2D eigenvalue weighted by atomic mass is 32.2. The molecule has 1 fully saturated rings. The molecule has 4 rings (SSSR count). The maximum Gasteiger partial charge on any atom is 0.262 e. The molecule has 0 bridgehead atoms. The Morgan fingerprint density at radius 3 is 2.24 bits per heavy atom. The number of halogens is 1. The number of carbonyl (C=O) groups is 1. The van der Waals surface area contributed by atoms with Gasteiger partial charge in [-0.2, -0.15) is 0 Å². The molecule has 0 atom stereocenters. The molecule has 0 radical (unpaired) electrons. The standard InChI is InChI=1S/C25H26FN3O3S/c1-18-7-11-21(12-8-18)27-33(31,32)24-17-20(10-9-19(24)2)25(30)29-15-13-28(14-16-29)23-6-4-3-5-22(23)26/h3-12,17,27H,13-16H2,1-2H3. The van der Waals surface area contributed by atoms with E-state index in [2.05, 4.69) is 4.72 Å². The van der Waals surface area contributed by atoms with Gasteiger partial charge in [-0.1, -0.05) is 35.9 Å². The molecule has 0 saturated carbocycles. The largest absolute Gasteiger partial charge is 0.366 e. The number of nitrogens with zero attached hydrogens (tertiary/aromatic N) is 2. The van der Waals surface area contributed by atoms with Crippen LogP contribution in [0.5, 0.6) is 0 Å². The molecular weight excluding hydrogens is 441 g/mol. The summed E-state index contributed by atoms with van der Waals surface area (Å²) in [6, 6.07) is 18.4. The fourth-order valence-corrected chi connectivity index (χ4v) is 5.23. The maximum atomic E-state index is 14.1. The van der Waals surface area contributed by atoms with Gasteiger partial charge >= 0.3 is 0 Å². The zero-order valence-corrected chi connectivity index (χ0v) is 19.4. The van der Waals surface area contributed by atoms with Gasteiger partial charge < -0.3 is 9.80 Å². The number of para-hydroxylation sites is 1. The minimum Gasteiger partial charge on any atom is -0.366 e. The van der Waals surface area contributed by atoms with Gasteiger partial charge in [0.05, 0.1) is 10.6 Å². The Morgan fingerprint density at radius 1 is 0.909 bits per heavy atom. The van der Waals surface area contributed by atoms with Crippen LogP contribution in [0.25, 0.3) is 0 Å². The minimum absolute atomic E-state index is 0.0684. The zero-order chi connectivity index (χ0) is 23.6. The van der Waals surface area contributed by atoms with Crippen LogP contribution < -0.4 is 9.62 Å². The quantitative estimate of drug-likeness (QED) is 0.611. The number of hydrogen-bond acceptors (Lipinski definition) is 4. The number of hydrogen-bond donors (Lipinski definition) is 1. The Balaban J connectivity index is 1.50. The number of rotatable bonds is 5. The molecule has 1 amide bonds. The first-order chi connectivity index (χ1) is 15.7. The predicted molar refractivity (Wildman–Crippen MR) is 128 cm³/mol. The van der Waals surface area contributed by atoms with E-state index in [4.69, 9.17) is 0 Å². The number of amides is 1. The molecule has 3 aromatic rings. The molecule has 0 unspecified atom stereocenters. The van der Waals surface area contributed by atoms with Crippen molar-refractivity contribution < 1.29 is 17.6 Å². The van der Waals surface area contributed by atoms with Crippen LogP contribution in [0.15, 0.2) is 71.6 Å². The van der Waals surface area contributed by atoms with Crippen molar-refractivity contribution >= 4 is 27.3 Å². The molecule has 8 heteroatoms. The lowest BCUT2D eigenvalue weighted by Gasteiger charge is -2.36. The Hall–Kier alpha value is -3.39. The van der Waals surface area contributed by atoms with Crippen LogP contribution in [-0.2, 0) is 10.0 Å². The van der Waals surface area contributed by atoms with E-state index in [9.17, 15) is 17.6 Å². The number of benzene rings is 3. The Bertz CT molecular complexity index is 1270. The van der Waals surface area contributed by atoms with Gasteiger partial charge in [0, 0.05) is 37.4 Å². The summed E-state index contributed by atoms with van der Waals surface area (Å²) in [6.07, 6.45) is 0. The molecule has 3 aromatic carbocycles. The summed E-state index contributed by atoms with van der Waals surface area (Å²) in [5.74, 6) is -0.526. The number of aryl methyl sites for hydroxylation is 2. The van der Waals surface area contributed by atoms with E-state index in [-0.39, 0.29) is 16.6 Å². The van der Waals surface area contributed by atoms with Gasteiger partial charge in [0.1, 0.15) is 5.82 Å². The molecule has 0 aromatic heterocycles. The van der Waals surface area contributed by atoms with E-state index in [1.54, 1.807) is 54.3 Å². The van der Waals surface area contributed by atoms with Crippen LogP contribution in [0.4, 0.5) is 15.8 Å². The highest BCUT2D eigenvalue weighted by molar-refractivity contribution is 7.92. The molecule has 1 N–H and O–H groups in total. The molecule has 1 heterocycles. The highest BCUT2D eigenvalue weighted by Gasteiger charge is 2.25. The van der Waals surface area contributed by atoms with Gasteiger partial charge in [-0.05, 0) is 55.8 Å². The number of sulfonamides is 1. The van der Waals surface area contributed by atoms with Gasteiger partial charge in [0.25, 0.3) is 15.9 Å². The average molecular weight is 468 g/mol. The van der Waals surface area contributed by atoms with E-state index < -0.39 is 10.0 Å². The van der Waals surface area contributed by atoms with Crippen molar-refractivity contribution in [3.63, 3.8) is 0 Å². The third-order valence-electron chi connectivity index (χ3n) is 5.79. The number of anilines is 2. The van der Waals surface area contributed by atoms with Crippen molar-refractivity contribution in [2.75, 3.05) is 35.8 Å². The fourth-order valence-electron chi connectivity index (χ4n) is 3.90. The predicted octanol–water partition coefficient (Wildman–Crippen LogP) is 4.21. The summed E-state index contributed by atoms with van der Waals surface area (Å²) < 4.78 is 42.7.